The van der Waals surface area contributed by atoms with Crippen LogP contribution in [0.5, 0.6) is 0 Å². The van der Waals surface area contributed by atoms with Crippen molar-refractivity contribution in [2.45, 2.75) is 20.0 Å². The Balaban J connectivity index is 3.38. The number of nitrogens with zero attached hydrogens (tertiary/aromatic N) is 2. The Labute approximate surface area is 83.5 Å². The molecule has 1 heterocycles. The first-order valence-electron chi connectivity index (χ1n) is 4.01. The maximum Gasteiger partial charge on any atom is 0.296 e. The lowest BCUT2D eigenvalue weighted by atomic mass is 10.1. The van der Waals surface area contributed by atoms with Gasteiger partial charge in [-0.1, -0.05) is 0 Å². The largest absolute Gasteiger partial charge is 0.390 e. The maximum absolute atomic E-state index is 12.4. The van der Waals surface area contributed by atoms with E-state index in [0.29, 0.717) is 5.56 Å². The van der Waals surface area contributed by atoms with E-state index in [-0.39, 0.29) is 5.69 Å². The molecule has 0 aliphatic heterocycles. The summed E-state index contributed by atoms with van der Waals surface area (Å²) < 4.78 is 24.8. The minimum Gasteiger partial charge on any atom is -0.390 e. The van der Waals surface area contributed by atoms with Crippen molar-refractivity contribution in [1.29, 1.82) is 0 Å². The predicted molar refractivity (Wildman–Crippen MR) is 46.5 cm³/mol. The summed E-state index contributed by atoms with van der Waals surface area (Å²) in [7, 11) is 0. The Bertz CT molecular complexity index is 396. The van der Waals surface area contributed by atoms with E-state index in [2.05, 4.69) is 4.98 Å². The van der Waals surface area contributed by atoms with Crippen LogP contribution in [0.2, 0.25) is 0 Å². The first-order chi connectivity index (χ1) is 6.97. The number of rotatable bonds is 3. The van der Waals surface area contributed by atoms with E-state index >= 15 is 0 Å². The summed E-state index contributed by atoms with van der Waals surface area (Å²) in [6.45, 7) is 0.935. The molecule has 1 aromatic rings. The molecule has 1 N–H and O–H groups in total. The number of hydrogen-bond acceptors (Lipinski definition) is 4. The highest BCUT2D eigenvalue weighted by atomic mass is 19.3. The van der Waals surface area contributed by atoms with Crippen LogP contribution in [0.3, 0.4) is 0 Å². The number of hydrogen-bond donors (Lipinski definition) is 1. The van der Waals surface area contributed by atoms with Crippen LogP contribution in [0.15, 0.2) is 6.07 Å². The second-order valence-electron chi connectivity index (χ2n) is 2.87. The van der Waals surface area contributed by atoms with Gasteiger partial charge in [0.2, 0.25) is 0 Å². The van der Waals surface area contributed by atoms with Gasteiger partial charge in [-0.25, -0.2) is 13.8 Å². The minimum absolute atomic E-state index is 0.0240. The monoisotopic (exact) mass is 218 g/mol. The van der Waals surface area contributed by atoms with Crippen molar-refractivity contribution in [1.82, 2.24) is 4.98 Å². The topological polar surface area (TPSA) is 76.3 Å². The van der Waals surface area contributed by atoms with Crippen LogP contribution in [0, 0.1) is 17.0 Å². The number of halogens is 2. The fraction of sp³-hybridized carbons (Fsp3) is 0.375. The third-order valence-corrected chi connectivity index (χ3v) is 1.88. The molecule has 0 spiro atoms. The first kappa shape index (κ1) is 11.4. The third kappa shape index (κ3) is 2.24. The predicted octanol–water partition coefficient (Wildman–Crippen LogP) is 1.73. The van der Waals surface area contributed by atoms with Gasteiger partial charge in [0, 0.05) is 6.07 Å². The zero-order valence-corrected chi connectivity index (χ0v) is 7.78. The van der Waals surface area contributed by atoms with Gasteiger partial charge in [0.05, 0.1) is 17.2 Å². The lowest BCUT2D eigenvalue weighted by Gasteiger charge is -2.05. The molecular formula is C8H8F2N2O3. The molecule has 0 fully saturated rings. The molecule has 0 aliphatic carbocycles. The van der Waals surface area contributed by atoms with Crippen LogP contribution in [-0.4, -0.2) is 15.0 Å². The van der Waals surface area contributed by atoms with E-state index in [4.69, 9.17) is 5.11 Å². The Morgan fingerprint density at radius 1 is 1.67 bits per heavy atom. The molecular weight excluding hydrogens is 210 g/mol. The van der Waals surface area contributed by atoms with Crippen LogP contribution in [0.1, 0.15) is 23.4 Å². The van der Waals surface area contributed by atoms with Crippen molar-refractivity contribution in [2.75, 3.05) is 0 Å². The molecule has 1 rings (SSSR count). The molecule has 0 radical (unpaired) electrons. The van der Waals surface area contributed by atoms with Crippen molar-refractivity contribution < 1.29 is 18.8 Å². The highest BCUT2D eigenvalue weighted by molar-refractivity contribution is 5.41. The number of aromatic nitrogens is 1. The van der Waals surface area contributed by atoms with Gasteiger partial charge < -0.3 is 5.11 Å². The van der Waals surface area contributed by atoms with Crippen LogP contribution in [-0.2, 0) is 6.61 Å². The Kier molecular flexibility index (Phi) is 3.25. The molecule has 0 saturated carbocycles. The number of aryl methyl sites for hydroxylation is 1. The van der Waals surface area contributed by atoms with Gasteiger partial charge >= 0.3 is 0 Å². The zero-order chi connectivity index (χ0) is 11.6. The molecule has 5 nitrogen and oxygen atoms in total. The molecule has 82 valence electrons. The second-order valence-corrected chi connectivity index (χ2v) is 2.87. The number of aliphatic hydroxyl groups excluding tert-OH is 1. The smallest absolute Gasteiger partial charge is 0.296 e. The van der Waals surface area contributed by atoms with E-state index in [1.165, 1.54) is 6.92 Å². The van der Waals surface area contributed by atoms with E-state index in [9.17, 15) is 18.9 Å². The lowest BCUT2D eigenvalue weighted by molar-refractivity contribution is -0.386. The number of alkyl halides is 2. The van der Waals surface area contributed by atoms with E-state index in [1.807, 2.05) is 0 Å². The summed E-state index contributed by atoms with van der Waals surface area (Å²) in [6.07, 6.45) is -3.03. The first-order valence-corrected chi connectivity index (χ1v) is 4.01. The Hall–Kier alpha value is -1.63. The van der Waals surface area contributed by atoms with Gasteiger partial charge in [-0.2, -0.15) is 0 Å². The molecule has 7 heteroatoms. The number of aliphatic hydroxyl groups is 1. The normalized spacial score (nSPS) is 10.7. The quantitative estimate of drug-likeness (QED) is 0.619. The van der Waals surface area contributed by atoms with Gasteiger partial charge in [-0.05, 0) is 12.5 Å². The van der Waals surface area contributed by atoms with E-state index < -0.39 is 29.3 Å². The molecule has 15 heavy (non-hydrogen) atoms. The number of pyridine rings is 1. The van der Waals surface area contributed by atoms with Crippen LogP contribution >= 0.6 is 0 Å². The lowest BCUT2D eigenvalue weighted by Crippen LogP contribution is -2.04. The average molecular weight is 218 g/mol. The highest BCUT2D eigenvalue weighted by Gasteiger charge is 2.25. The summed E-state index contributed by atoms with van der Waals surface area (Å²) in [5.74, 6) is 0. The molecule has 0 aromatic carbocycles. The zero-order valence-electron chi connectivity index (χ0n) is 7.78. The van der Waals surface area contributed by atoms with E-state index in [0.717, 1.165) is 6.07 Å². The molecule has 0 bridgehead atoms. The summed E-state index contributed by atoms with van der Waals surface area (Å²) in [5, 5.41) is 19.2. The highest BCUT2D eigenvalue weighted by Crippen LogP contribution is 2.28. The second kappa shape index (κ2) is 4.26. The molecule has 0 aliphatic rings. The van der Waals surface area contributed by atoms with Gasteiger partial charge in [0.25, 0.3) is 12.1 Å². The van der Waals surface area contributed by atoms with Crippen molar-refractivity contribution in [3.8, 4) is 0 Å². The Morgan fingerprint density at radius 3 is 2.67 bits per heavy atom. The van der Waals surface area contributed by atoms with Gasteiger partial charge in [-0.15, -0.1) is 0 Å². The molecule has 0 unspecified atom stereocenters. The standard InChI is InChI=1S/C8H8F2N2O3/c1-4-2-6(12(14)15)7(8(9)10)11-5(4)3-13/h2,8,13H,3H2,1H3. The average Bonchev–Trinajstić information content (AvgIpc) is 2.16. The summed E-state index contributed by atoms with van der Waals surface area (Å²) in [5.41, 5.74) is -1.29. The maximum atomic E-state index is 12.4. The Morgan fingerprint density at radius 2 is 2.27 bits per heavy atom. The SMILES string of the molecule is Cc1cc([N+](=O)[O-])c(C(F)F)nc1CO. The van der Waals surface area contributed by atoms with Gasteiger partial charge in [0.15, 0.2) is 5.69 Å². The van der Waals surface area contributed by atoms with Crippen molar-refractivity contribution in [3.63, 3.8) is 0 Å². The van der Waals surface area contributed by atoms with E-state index in [1.54, 1.807) is 0 Å². The fourth-order valence-corrected chi connectivity index (χ4v) is 1.12. The molecule has 0 atom stereocenters. The molecule has 0 saturated heterocycles. The fourth-order valence-electron chi connectivity index (χ4n) is 1.12. The summed E-state index contributed by atoms with van der Waals surface area (Å²) >= 11 is 0. The van der Waals surface area contributed by atoms with Crippen molar-refractivity contribution >= 4 is 5.69 Å². The van der Waals surface area contributed by atoms with Gasteiger partial charge in [-0.3, -0.25) is 10.1 Å². The van der Waals surface area contributed by atoms with Crippen LogP contribution in [0.25, 0.3) is 0 Å². The van der Waals surface area contributed by atoms with Crippen LogP contribution < -0.4 is 0 Å². The van der Waals surface area contributed by atoms with Crippen molar-refractivity contribution in [3.05, 3.63) is 33.1 Å². The van der Waals surface area contributed by atoms with Gasteiger partial charge in [0.1, 0.15) is 0 Å². The summed E-state index contributed by atoms with van der Waals surface area (Å²) in [6, 6.07) is 0.986. The summed E-state index contributed by atoms with van der Waals surface area (Å²) in [4.78, 5) is 12.9. The third-order valence-electron chi connectivity index (χ3n) is 1.88. The number of nitro groups is 1. The minimum atomic E-state index is -3.03. The van der Waals surface area contributed by atoms with Crippen LogP contribution in [0.4, 0.5) is 14.5 Å². The van der Waals surface area contributed by atoms with Crippen molar-refractivity contribution in [2.24, 2.45) is 0 Å². The molecule has 0 amide bonds. The molecule has 1 aromatic heterocycles.